The Labute approximate surface area is 117 Å². The molecule has 2 aromatic heterocycles. The molecule has 2 heterocycles. The Morgan fingerprint density at radius 1 is 1.53 bits per heavy atom. The number of furan rings is 1. The maximum atomic E-state index is 5.38. The first-order valence-electron chi connectivity index (χ1n) is 6.65. The Balaban J connectivity index is 1.70. The summed E-state index contributed by atoms with van der Waals surface area (Å²) in [5.74, 6) is 1.85. The zero-order chi connectivity index (χ0) is 13.2. The minimum atomic E-state index is 0.725. The molecule has 0 saturated heterocycles. The van der Waals surface area contributed by atoms with Gasteiger partial charge in [0.25, 0.3) is 0 Å². The largest absolute Gasteiger partial charge is 0.468 e. The summed E-state index contributed by atoms with van der Waals surface area (Å²) in [5, 5.41) is 9.34. The number of nitrogens with one attached hydrogen (secondary N) is 1. The molecule has 0 spiro atoms. The minimum absolute atomic E-state index is 0.725. The highest BCUT2D eigenvalue weighted by Gasteiger charge is 2.22. The van der Waals surface area contributed by atoms with Gasteiger partial charge in [-0.2, -0.15) is 5.10 Å². The Morgan fingerprint density at radius 2 is 2.37 bits per heavy atom. The van der Waals surface area contributed by atoms with Crippen molar-refractivity contribution in [3.05, 3.63) is 35.4 Å². The maximum Gasteiger partial charge on any atom is 0.114 e. The monoisotopic (exact) mass is 277 g/mol. The van der Waals surface area contributed by atoms with Crippen molar-refractivity contribution in [1.29, 1.82) is 0 Å². The fraction of sp³-hybridized carbons (Fsp3) is 0.500. The summed E-state index contributed by atoms with van der Waals surface area (Å²) in [6.07, 6.45) is 4.35. The third-order valence-electron chi connectivity index (χ3n) is 3.36. The van der Waals surface area contributed by atoms with Crippen molar-refractivity contribution in [2.24, 2.45) is 7.05 Å². The summed E-state index contributed by atoms with van der Waals surface area (Å²) in [6.45, 7) is 3.01. The predicted octanol–water partition coefficient (Wildman–Crippen LogP) is 2.87. The van der Waals surface area contributed by atoms with Crippen LogP contribution in [0.15, 0.2) is 27.8 Å². The molecule has 0 radical (unpaired) electrons. The standard InChI is InChI=1S/C14H19N3OS/c1-10-13(8-15-11-5-6-11)14(17(2)16-10)19-9-12-4-3-7-18-12/h3-4,7,11,15H,5-6,8-9H2,1-2H3. The SMILES string of the molecule is Cc1nn(C)c(SCc2ccco2)c1CNC1CC1. The van der Waals surface area contributed by atoms with Crippen LogP contribution in [-0.4, -0.2) is 15.8 Å². The third-order valence-corrected chi connectivity index (χ3v) is 4.58. The molecule has 0 amide bonds. The second-order valence-electron chi connectivity index (χ2n) is 5.02. The molecule has 3 rings (SSSR count). The van der Waals surface area contributed by atoms with Gasteiger partial charge in [0.1, 0.15) is 5.76 Å². The van der Waals surface area contributed by atoms with Crippen LogP contribution in [0.2, 0.25) is 0 Å². The minimum Gasteiger partial charge on any atom is -0.468 e. The molecule has 19 heavy (non-hydrogen) atoms. The Bertz CT molecular complexity index is 543. The van der Waals surface area contributed by atoms with Gasteiger partial charge in [0.05, 0.1) is 22.7 Å². The zero-order valence-corrected chi connectivity index (χ0v) is 12.2. The van der Waals surface area contributed by atoms with E-state index in [0.717, 1.165) is 29.8 Å². The topological polar surface area (TPSA) is 43.0 Å². The van der Waals surface area contributed by atoms with E-state index >= 15 is 0 Å². The number of hydrogen-bond donors (Lipinski definition) is 1. The Hall–Kier alpha value is -1.20. The molecule has 1 fully saturated rings. The quantitative estimate of drug-likeness (QED) is 0.825. The van der Waals surface area contributed by atoms with Gasteiger partial charge in [-0.05, 0) is 31.9 Å². The zero-order valence-electron chi connectivity index (χ0n) is 11.3. The van der Waals surface area contributed by atoms with Crippen LogP contribution >= 0.6 is 11.8 Å². The van der Waals surface area contributed by atoms with E-state index in [4.69, 9.17) is 4.42 Å². The molecule has 1 saturated carbocycles. The highest BCUT2D eigenvalue weighted by molar-refractivity contribution is 7.98. The van der Waals surface area contributed by atoms with Crippen molar-refractivity contribution in [3.63, 3.8) is 0 Å². The molecule has 0 aromatic carbocycles. The molecule has 1 N–H and O–H groups in total. The maximum absolute atomic E-state index is 5.38. The van der Waals surface area contributed by atoms with Gasteiger partial charge in [-0.3, -0.25) is 4.68 Å². The van der Waals surface area contributed by atoms with Gasteiger partial charge in [-0.25, -0.2) is 0 Å². The lowest BCUT2D eigenvalue weighted by Crippen LogP contribution is -2.16. The number of hydrogen-bond acceptors (Lipinski definition) is 4. The number of rotatable bonds is 6. The van der Waals surface area contributed by atoms with E-state index in [1.165, 1.54) is 23.4 Å². The smallest absolute Gasteiger partial charge is 0.114 e. The molecule has 5 heteroatoms. The summed E-state index contributed by atoms with van der Waals surface area (Å²) in [4.78, 5) is 0. The molecule has 2 aromatic rings. The van der Waals surface area contributed by atoms with Crippen LogP contribution in [0.4, 0.5) is 0 Å². The first kappa shape index (κ1) is 12.8. The van der Waals surface area contributed by atoms with Crippen molar-refractivity contribution >= 4 is 11.8 Å². The lowest BCUT2D eigenvalue weighted by Gasteiger charge is -2.06. The van der Waals surface area contributed by atoms with E-state index in [2.05, 4.69) is 17.3 Å². The molecule has 0 bridgehead atoms. The molecule has 102 valence electrons. The van der Waals surface area contributed by atoms with Gasteiger partial charge in [-0.15, -0.1) is 0 Å². The average Bonchev–Trinajstić information content (AvgIpc) is 2.98. The second-order valence-corrected chi connectivity index (χ2v) is 5.98. The molecule has 4 nitrogen and oxygen atoms in total. The lowest BCUT2D eigenvalue weighted by atomic mass is 10.2. The van der Waals surface area contributed by atoms with Crippen LogP contribution in [0, 0.1) is 6.92 Å². The van der Waals surface area contributed by atoms with Crippen LogP contribution in [0.3, 0.4) is 0 Å². The van der Waals surface area contributed by atoms with E-state index in [1.54, 1.807) is 18.0 Å². The summed E-state index contributed by atoms with van der Waals surface area (Å²) in [6, 6.07) is 4.67. The highest BCUT2D eigenvalue weighted by Crippen LogP contribution is 2.29. The summed E-state index contributed by atoms with van der Waals surface area (Å²) in [5.41, 5.74) is 2.45. The highest BCUT2D eigenvalue weighted by atomic mass is 32.2. The van der Waals surface area contributed by atoms with E-state index in [1.807, 2.05) is 23.9 Å². The van der Waals surface area contributed by atoms with Crippen LogP contribution < -0.4 is 5.32 Å². The Morgan fingerprint density at radius 3 is 3.05 bits per heavy atom. The van der Waals surface area contributed by atoms with Crippen LogP contribution in [0.1, 0.15) is 29.9 Å². The molecule has 1 aliphatic rings. The van der Waals surface area contributed by atoms with Gasteiger partial charge >= 0.3 is 0 Å². The normalized spacial score (nSPS) is 15.1. The van der Waals surface area contributed by atoms with Crippen LogP contribution in [-0.2, 0) is 19.3 Å². The first-order chi connectivity index (χ1) is 9.24. The van der Waals surface area contributed by atoms with Crippen molar-refractivity contribution in [2.75, 3.05) is 0 Å². The van der Waals surface area contributed by atoms with Crippen molar-refractivity contribution in [3.8, 4) is 0 Å². The van der Waals surface area contributed by atoms with E-state index < -0.39 is 0 Å². The third kappa shape index (κ3) is 3.04. The summed E-state index contributed by atoms with van der Waals surface area (Å²) >= 11 is 1.79. The lowest BCUT2D eigenvalue weighted by molar-refractivity contribution is 0.530. The fourth-order valence-corrected chi connectivity index (χ4v) is 3.20. The van der Waals surface area contributed by atoms with Crippen molar-refractivity contribution in [2.45, 2.75) is 43.1 Å². The van der Waals surface area contributed by atoms with Gasteiger partial charge in [0, 0.05) is 25.2 Å². The molecular weight excluding hydrogens is 258 g/mol. The Kier molecular flexibility index (Phi) is 3.66. The second kappa shape index (κ2) is 5.43. The number of nitrogens with zero attached hydrogens (tertiary/aromatic N) is 2. The van der Waals surface area contributed by atoms with Gasteiger partial charge in [-0.1, -0.05) is 11.8 Å². The molecule has 1 aliphatic carbocycles. The average molecular weight is 277 g/mol. The summed E-state index contributed by atoms with van der Waals surface area (Å²) < 4.78 is 7.36. The van der Waals surface area contributed by atoms with Gasteiger partial charge < -0.3 is 9.73 Å². The van der Waals surface area contributed by atoms with Crippen LogP contribution in [0.25, 0.3) is 0 Å². The van der Waals surface area contributed by atoms with E-state index in [0.29, 0.717) is 0 Å². The van der Waals surface area contributed by atoms with Gasteiger partial charge in [0.2, 0.25) is 0 Å². The number of aryl methyl sites for hydroxylation is 2. The first-order valence-corrected chi connectivity index (χ1v) is 7.63. The molecular formula is C14H19N3OS. The van der Waals surface area contributed by atoms with E-state index in [-0.39, 0.29) is 0 Å². The van der Waals surface area contributed by atoms with Gasteiger partial charge in [0.15, 0.2) is 0 Å². The van der Waals surface area contributed by atoms with Crippen LogP contribution in [0.5, 0.6) is 0 Å². The predicted molar refractivity (Wildman–Crippen MR) is 76.1 cm³/mol. The van der Waals surface area contributed by atoms with Crippen molar-refractivity contribution < 1.29 is 4.42 Å². The number of aromatic nitrogens is 2. The van der Waals surface area contributed by atoms with E-state index in [9.17, 15) is 0 Å². The molecule has 0 atom stereocenters. The molecule has 0 unspecified atom stereocenters. The number of thioether (sulfide) groups is 1. The van der Waals surface area contributed by atoms with Crippen molar-refractivity contribution in [1.82, 2.24) is 15.1 Å². The fourth-order valence-electron chi connectivity index (χ4n) is 2.13. The summed E-state index contributed by atoms with van der Waals surface area (Å²) in [7, 11) is 2.01. The molecule has 0 aliphatic heterocycles.